The molecule has 0 N–H and O–H groups in total. The van der Waals surface area contributed by atoms with Gasteiger partial charge in [0.05, 0.1) is 12.7 Å². The van der Waals surface area contributed by atoms with Gasteiger partial charge in [-0.05, 0) is 36.8 Å². The summed E-state index contributed by atoms with van der Waals surface area (Å²) in [6.45, 7) is 3.49. The van der Waals surface area contributed by atoms with Crippen LogP contribution in [0.3, 0.4) is 0 Å². The molecule has 7 nitrogen and oxygen atoms in total. The molecule has 2 heterocycles. The number of nitrogens with zero attached hydrogens (tertiary/aromatic N) is 4. The number of benzene rings is 2. The number of sulfonamides is 1. The minimum Gasteiger partial charge on any atom is -0.367 e. The number of aromatic nitrogens is 2. The average molecular weight is 525 g/mol. The van der Waals surface area contributed by atoms with Crippen molar-refractivity contribution in [2.75, 3.05) is 32.7 Å². The van der Waals surface area contributed by atoms with Crippen molar-refractivity contribution < 1.29 is 21.9 Å². The Kier molecular flexibility index (Phi) is 7.87. The van der Waals surface area contributed by atoms with Crippen LogP contribution in [0, 0.1) is 18.6 Å². The molecule has 188 valence electrons. The van der Waals surface area contributed by atoms with E-state index in [1.807, 2.05) is 12.1 Å². The maximum absolute atomic E-state index is 14.1. The summed E-state index contributed by atoms with van der Waals surface area (Å²) in [4.78, 5) is 6.24. The number of ether oxygens (including phenoxy) is 1. The Balaban J connectivity index is 1.44. The van der Waals surface area contributed by atoms with E-state index in [4.69, 9.17) is 16.3 Å². The third-order valence-electron chi connectivity index (χ3n) is 6.18. The molecule has 0 spiro atoms. The van der Waals surface area contributed by atoms with E-state index < -0.39 is 27.8 Å². The zero-order chi connectivity index (χ0) is 25.2. The first-order valence-corrected chi connectivity index (χ1v) is 13.0. The van der Waals surface area contributed by atoms with Gasteiger partial charge in [0, 0.05) is 56.6 Å². The van der Waals surface area contributed by atoms with E-state index in [2.05, 4.69) is 9.88 Å². The van der Waals surface area contributed by atoms with Crippen LogP contribution in [0.15, 0.2) is 53.7 Å². The number of hydrogen-bond acceptors (Lipinski definition) is 5. The van der Waals surface area contributed by atoms with Crippen molar-refractivity contribution in [1.29, 1.82) is 0 Å². The molecule has 1 fully saturated rings. The minimum atomic E-state index is -3.68. The van der Waals surface area contributed by atoms with E-state index in [-0.39, 0.29) is 17.2 Å². The lowest BCUT2D eigenvalue weighted by molar-refractivity contribution is 0.00546. The van der Waals surface area contributed by atoms with Crippen LogP contribution in [0.2, 0.25) is 5.02 Å². The normalized spacial score (nSPS) is 16.5. The lowest BCUT2D eigenvalue weighted by Crippen LogP contribution is -2.49. The highest BCUT2D eigenvalue weighted by Crippen LogP contribution is 2.25. The third kappa shape index (κ3) is 5.90. The number of imidazole rings is 1. The fraction of sp³-hybridized carbons (Fsp3) is 0.375. The lowest BCUT2D eigenvalue weighted by atomic mass is 10.1. The van der Waals surface area contributed by atoms with Crippen molar-refractivity contribution in [3.8, 4) is 0 Å². The molecule has 2 aromatic carbocycles. The molecule has 1 aromatic heterocycles. The van der Waals surface area contributed by atoms with Gasteiger partial charge in [-0.15, -0.1) is 0 Å². The minimum absolute atomic E-state index is 0.0419. The molecular weight excluding hydrogens is 498 g/mol. The first kappa shape index (κ1) is 25.7. The van der Waals surface area contributed by atoms with Gasteiger partial charge in [-0.25, -0.2) is 22.2 Å². The summed E-state index contributed by atoms with van der Waals surface area (Å²) in [5, 5.41) is 0.608. The number of halogens is 3. The van der Waals surface area contributed by atoms with Crippen LogP contribution in [-0.2, 0) is 28.4 Å². The first-order chi connectivity index (χ1) is 16.6. The van der Waals surface area contributed by atoms with Gasteiger partial charge in [0.2, 0.25) is 0 Å². The molecule has 0 saturated carbocycles. The van der Waals surface area contributed by atoms with Crippen molar-refractivity contribution in [2.24, 2.45) is 7.05 Å². The smallest absolute Gasteiger partial charge is 0.262 e. The summed E-state index contributed by atoms with van der Waals surface area (Å²) in [5.74, 6) is -0.705. The highest BCUT2D eigenvalue weighted by Gasteiger charge is 2.31. The molecule has 35 heavy (non-hydrogen) atoms. The molecule has 1 aliphatic rings. The van der Waals surface area contributed by atoms with E-state index in [0.717, 1.165) is 5.56 Å². The number of aryl methyl sites for hydroxylation is 2. The number of piperazine rings is 1. The van der Waals surface area contributed by atoms with Gasteiger partial charge in [0.25, 0.3) is 10.0 Å². The summed E-state index contributed by atoms with van der Waals surface area (Å²) >= 11 is 6.02. The predicted octanol–water partition coefficient (Wildman–Crippen LogP) is 3.92. The molecule has 1 aliphatic heterocycles. The quantitative estimate of drug-likeness (QED) is 0.447. The molecule has 0 bridgehead atoms. The SMILES string of the molecule is Cc1nc(S(=O)(=O)N2CCN(CC(OCc3c(F)cccc3F)c3ccc(Cl)cc3)CC2)cn1C. The van der Waals surface area contributed by atoms with Crippen LogP contribution >= 0.6 is 11.6 Å². The molecule has 1 saturated heterocycles. The molecule has 11 heteroatoms. The Labute approximate surface area is 208 Å². The summed E-state index contributed by atoms with van der Waals surface area (Å²) in [5.41, 5.74) is 0.679. The molecule has 1 unspecified atom stereocenters. The van der Waals surface area contributed by atoms with Crippen molar-refractivity contribution in [1.82, 2.24) is 18.8 Å². The van der Waals surface area contributed by atoms with Gasteiger partial charge in [0.15, 0.2) is 5.03 Å². The second kappa shape index (κ2) is 10.7. The van der Waals surface area contributed by atoms with E-state index >= 15 is 0 Å². The topological polar surface area (TPSA) is 67.7 Å². The van der Waals surface area contributed by atoms with Gasteiger partial charge in [-0.1, -0.05) is 29.8 Å². The van der Waals surface area contributed by atoms with Crippen molar-refractivity contribution in [3.63, 3.8) is 0 Å². The Morgan fingerprint density at radius 2 is 1.69 bits per heavy atom. The zero-order valence-corrected chi connectivity index (χ0v) is 21.1. The van der Waals surface area contributed by atoms with E-state index in [1.54, 1.807) is 30.7 Å². The third-order valence-corrected chi connectivity index (χ3v) is 8.20. The van der Waals surface area contributed by atoms with E-state index in [0.29, 0.717) is 43.6 Å². The monoisotopic (exact) mass is 524 g/mol. The van der Waals surface area contributed by atoms with Crippen LogP contribution in [0.5, 0.6) is 0 Å². The zero-order valence-electron chi connectivity index (χ0n) is 19.5. The maximum Gasteiger partial charge on any atom is 0.262 e. The standard InChI is InChI=1S/C24H27ClF2N4O3S/c1-17-28-24(15-29(17)2)35(32,33)31-12-10-30(11-13-31)14-23(18-6-8-19(25)9-7-18)34-16-20-21(26)4-3-5-22(20)27/h3-9,15,23H,10-14,16H2,1-2H3. The summed E-state index contributed by atoms with van der Waals surface area (Å²) in [6.07, 6.45) is 1.02. The van der Waals surface area contributed by atoms with Crippen molar-refractivity contribution in [2.45, 2.75) is 24.7 Å². The maximum atomic E-state index is 14.1. The van der Waals surface area contributed by atoms with Gasteiger partial charge >= 0.3 is 0 Å². The predicted molar refractivity (Wildman–Crippen MR) is 128 cm³/mol. The Morgan fingerprint density at radius 1 is 1.06 bits per heavy atom. The van der Waals surface area contributed by atoms with Gasteiger partial charge in [-0.2, -0.15) is 4.31 Å². The van der Waals surface area contributed by atoms with Crippen LogP contribution in [0.25, 0.3) is 0 Å². The summed E-state index contributed by atoms with van der Waals surface area (Å²) in [6, 6.07) is 10.8. The van der Waals surface area contributed by atoms with Gasteiger partial charge in [-0.3, -0.25) is 4.90 Å². The summed E-state index contributed by atoms with van der Waals surface area (Å²) in [7, 11) is -1.93. The molecule has 0 aliphatic carbocycles. The van der Waals surface area contributed by atoms with Crippen molar-refractivity contribution >= 4 is 21.6 Å². The number of hydrogen-bond donors (Lipinski definition) is 0. The second-order valence-electron chi connectivity index (χ2n) is 8.49. The second-order valence-corrected chi connectivity index (χ2v) is 10.8. The largest absolute Gasteiger partial charge is 0.367 e. The Morgan fingerprint density at radius 3 is 2.26 bits per heavy atom. The lowest BCUT2D eigenvalue weighted by Gasteiger charge is -2.35. The Hall–Kier alpha value is -2.37. The Bertz CT molecular complexity index is 1240. The molecule has 0 amide bonds. The van der Waals surface area contributed by atoms with Crippen LogP contribution in [0.4, 0.5) is 8.78 Å². The average Bonchev–Trinajstić information content (AvgIpc) is 3.18. The summed E-state index contributed by atoms with van der Waals surface area (Å²) < 4.78 is 63.3. The molecule has 0 radical (unpaired) electrons. The van der Waals surface area contributed by atoms with Gasteiger partial charge in [0.1, 0.15) is 17.5 Å². The van der Waals surface area contributed by atoms with Crippen LogP contribution in [-0.4, -0.2) is 59.9 Å². The van der Waals surface area contributed by atoms with Gasteiger partial charge < -0.3 is 9.30 Å². The highest BCUT2D eigenvalue weighted by atomic mass is 35.5. The molecule has 1 atom stereocenters. The highest BCUT2D eigenvalue weighted by molar-refractivity contribution is 7.89. The number of rotatable bonds is 8. The van der Waals surface area contributed by atoms with Crippen LogP contribution < -0.4 is 0 Å². The van der Waals surface area contributed by atoms with E-state index in [1.165, 1.54) is 28.7 Å². The van der Waals surface area contributed by atoms with Crippen molar-refractivity contribution in [3.05, 3.63) is 82.3 Å². The van der Waals surface area contributed by atoms with E-state index in [9.17, 15) is 17.2 Å². The molecular formula is C24H27ClF2N4O3S. The molecule has 3 aromatic rings. The fourth-order valence-electron chi connectivity index (χ4n) is 3.96. The fourth-order valence-corrected chi connectivity index (χ4v) is 5.53. The first-order valence-electron chi connectivity index (χ1n) is 11.2. The molecule has 4 rings (SSSR count). The van der Waals surface area contributed by atoms with Crippen LogP contribution in [0.1, 0.15) is 23.1 Å².